The number of ether oxygens (including phenoxy) is 2. The van der Waals surface area contributed by atoms with E-state index in [0.717, 1.165) is 49.9 Å². The predicted octanol–water partition coefficient (Wildman–Crippen LogP) is 1.90. The van der Waals surface area contributed by atoms with E-state index in [1.54, 1.807) is 4.68 Å². The lowest BCUT2D eigenvalue weighted by Gasteiger charge is -2.34. The fourth-order valence-corrected chi connectivity index (χ4v) is 3.53. The minimum atomic E-state index is 0.0789. The van der Waals surface area contributed by atoms with E-state index in [0.29, 0.717) is 19.0 Å². The van der Waals surface area contributed by atoms with Gasteiger partial charge in [0.15, 0.2) is 11.5 Å². The topological polar surface area (TPSA) is 59.8 Å². The molecule has 0 saturated carbocycles. The lowest BCUT2D eigenvalue weighted by Crippen LogP contribution is -2.48. The Morgan fingerprint density at radius 2 is 1.88 bits per heavy atom. The van der Waals surface area contributed by atoms with Crippen molar-refractivity contribution in [1.29, 1.82) is 0 Å². The third-order valence-electron chi connectivity index (χ3n) is 4.92. The van der Waals surface area contributed by atoms with Crippen molar-refractivity contribution in [2.45, 2.75) is 26.9 Å². The first-order chi connectivity index (χ1) is 12.6. The highest BCUT2D eigenvalue weighted by molar-refractivity contribution is 5.92. The molecule has 0 unspecified atom stereocenters. The number of piperazine rings is 1. The molecule has 7 nitrogen and oxygen atoms in total. The van der Waals surface area contributed by atoms with E-state index in [1.807, 2.05) is 36.9 Å². The van der Waals surface area contributed by atoms with Crippen LogP contribution in [0.2, 0.25) is 0 Å². The summed E-state index contributed by atoms with van der Waals surface area (Å²) < 4.78 is 12.6. The van der Waals surface area contributed by atoms with Gasteiger partial charge in [-0.05, 0) is 37.6 Å². The third-order valence-corrected chi connectivity index (χ3v) is 4.92. The molecule has 1 aromatic carbocycles. The Morgan fingerprint density at radius 1 is 1.12 bits per heavy atom. The maximum atomic E-state index is 12.8. The van der Waals surface area contributed by atoms with Crippen molar-refractivity contribution < 1.29 is 14.3 Å². The van der Waals surface area contributed by atoms with Crippen molar-refractivity contribution in [2.24, 2.45) is 0 Å². The second kappa shape index (κ2) is 6.99. The first kappa shape index (κ1) is 16.9. The molecule has 1 aromatic heterocycles. The summed E-state index contributed by atoms with van der Waals surface area (Å²) in [5.41, 5.74) is 2.78. The van der Waals surface area contributed by atoms with Crippen LogP contribution in [0.1, 0.15) is 28.7 Å². The van der Waals surface area contributed by atoms with Crippen LogP contribution < -0.4 is 9.47 Å². The molecule has 0 atom stereocenters. The van der Waals surface area contributed by atoms with Crippen molar-refractivity contribution >= 4 is 5.91 Å². The van der Waals surface area contributed by atoms with Crippen molar-refractivity contribution in [3.8, 4) is 11.5 Å². The highest BCUT2D eigenvalue weighted by Gasteiger charge is 2.25. The zero-order chi connectivity index (χ0) is 18.1. The Balaban J connectivity index is 1.36. The first-order valence-electron chi connectivity index (χ1n) is 9.08. The quantitative estimate of drug-likeness (QED) is 0.837. The SMILES string of the molecule is CCn1nc(C)cc1C(=O)N1CCN(Cc2ccc3c(c2)OCO3)CC1. The van der Waals surface area contributed by atoms with Crippen LogP contribution in [-0.4, -0.2) is 58.5 Å². The fourth-order valence-electron chi connectivity index (χ4n) is 3.53. The minimum absolute atomic E-state index is 0.0789. The number of benzene rings is 1. The Morgan fingerprint density at radius 3 is 2.65 bits per heavy atom. The number of rotatable bonds is 4. The number of amides is 1. The average molecular weight is 356 g/mol. The molecule has 26 heavy (non-hydrogen) atoms. The van der Waals surface area contributed by atoms with Crippen molar-refractivity contribution in [2.75, 3.05) is 33.0 Å². The van der Waals surface area contributed by atoms with Gasteiger partial charge in [-0.2, -0.15) is 5.10 Å². The number of fused-ring (bicyclic) bond motifs is 1. The largest absolute Gasteiger partial charge is 0.454 e. The molecule has 0 spiro atoms. The summed E-state index contributed by atoms with van der Waals surface area (Å²) in [6.45, 7) is 8.98. The van der Waals surface area contributed by atoms with Gasteiger partial charge in [0.1, 0.15) is 5.69 Å². The Hall–Kier alpha value is -2.54. The van der Waals surface area contributed by atoms with Gasteiger partial charge in [0, 0.05) is 39.3 Å². The molecule has 0 radical (unpaired) electrons. The van der Waals surface area contributed by atoms with Crippen LogP contribution in [0.5, 0.6) is 11.5 Å². The molecule has 138 valence electrons. The van der Waals surface area contributed by atoms with Gasteiger partial charge >= 0.3 is 0 Å². The molecule has 4 rings (SSSR count). The van der Waals surface area contributed by atoms with Gasteiger partial charge in [-0.15, -0.1) is 0 Å². The molecule has 0 aliphatic carbocycles. The second-order valence-electron chi connectivity index (χ2n) is 6.74. The van der Waals surface area contributed by atoms with Crippen molar-refractivity contribution in [3.05, 3.63) is 41.2 Å². The Bertz CT molecular complexity index is 809. The molecular formula is C19H24N4O3. The predicted molar refractivity (Wildman–Crippen MR) is 96.4 cm³/mol. The van der Waals surface area contributed by atoms with Gasteiger partial charge in [-0.1, -0.05) is 6.07 Å². The Kier molecular flexibility index (Phi) is 4.55. The number of carbonyl (C=O) groups is 1. The van der Waals surface area contributed by atoms with Crippen LogP contribution >= 0.6 is 0 Å². The summed E-state index contributed by atoms with van der Waals surface area (Å²) >= 11 is 0. The minimum Gasteiger partial charge on any atom is -0.454 e. The van der Waals surface area contributed by atoms with E-state index >= 15 is 0 Å². The van der Waals surface area contributed by atoms with Gasteiger partial charge in [0.25, 0.3) is 5.91 Å². The lowest BCUT2D eigenvalue weighted by molar-refractivity contribution is 0.0616. The molecule has 1 fully saturated rings. The van der Waals surface area contributed by atoms with Crippen LogP contribution in [-0.2, 0) is 13.1 Å². The third kappa shape index (κ3) is 3.26. The summed E-state index contributed by atoms with van der Waals surface area (Å²) in [6.07, 6.45) is 0. The molecule has 0 bridgehead atoms. The van der Waals surface area contributed by atoms with E-state index in [1.165, 1.54) is 5.56 Å². The number of hydrogen-bond donors (Lipinski definition) is 0. The molecule has 1 amide bonds. The van der Waals surface area contributed by atoms with E-state index in [-0.39, 0.29) is 5.91 Å². The average Bonchev–Trinajstić information content (AvgIpc) is 3.27. The normalized spacial score (nSPS) is 16.9. The first-order valence-corrected chi connectivity index (χ1v) is 9.08. The molecule has 7 heteroatoms. The second-order valence-corrected chi connectivity index (χ2v) is 6.74. The molecule has 3 heterocycles. The molecule has 2 aliphatic rings. The lowest BCUT2D eigenvalue weighted by atomic mass is 10.1. The van der Waals surface area contributed by atoms with Crippen LogP contribution in [0.3, 0.4) is 0 Å². The summed E-state index contributed by atoms with van der Waals surface area (Å²) in [5, 5.41) is 4.38. The maximum absolute atomic E-state index is 12.8. The summed E-state index contributed by atoms with van der Waals surface area (Å²) in [4.78, 5) is 17.1. The van der Waals surface area contributed by atoms with Crippen LogP contribution in [0.15, 0.2) is 24.3 Å². The van der Waals surface area contributed by atoms with Gasteiger partial charge in [-0.3, -0.25) is 14.4 Å². The van der Waals surface area contributed by atoms with E-state index in [4.69, 9.17) is 9.47 Å². The highest BCUT2D eigenvalue weighted by atomic mass is 16.7. The van der Waals surface area contributed by atoms with Crippen molar-refractivity contribution in [3.63, 3.8) is 0 Å². The highest BCUT2D eigenvalue weighted by Crippen LogP contribution is 2.32. The maximum Gasteiger partial charge on any atom is 0.272 e. The number of aromatic nitrogens is 2. The van der Waals surface area contributed by atoms with Crippen LogP contribution in [0.25, 0.3) is 0 Å². The van der Waals surface area contributed by atoms with Gasteiger partial charge in [0.2, 0.25) is 6.79 Å². The van der Waals surface area contributed by atoms with Gasteiger partial charge < -0.3 is 14.4 Å². The fraction of sp³-hybridized carbons (Fsp3) is 0.474. The van der Waals surface area contributed by atoms with E-state index in [2.05, 4.69) is 16.1 Å². The van der Waals surface area contributed by atoms with Crippen molar-refractivity contribution in [1.82, 2.24) is 19.6 Å². The monoisotopic (exact) mass is 356 g/mol. The summed E-state index contributed by atoms with van der Waals surface area (Å²) in [5.74, 6) is 1.71. The molecular weight excluding hydrogens is 332 g/mol. The van der Waals surface area contributed by atoms with Gasteiger partial charge in [-0.25, -0.2) is 0 Å². The van der Waals surface area contributed by atoms with E-state index < -0.39 is 0 Å². The molecule has 1 saturated heterocycles. The standard InChI is InChI=1S/C19H24N4O3/c1-3-23-16(10-14(2)20-23)19(24)22-8-6-21(7-9-22)12-15-4-5-17-18(11-15)26-13-25-17/h4-5,10-11H,3,6-9,12-13H2,1-2H3. The van der Waals surface area contributed by atoms with Gasteiger partial charge in [0.05, 0.1) is 5.69 Å². The number of carbonyl (C=O) groups excluding carboxylic acids is 1. The van der Waals surface area contributed by atoms with Crippen LogP contribution in [0, 0.1) is 6.92 Å². The Labute approximate surface area is 153 Å². The number of nitrogens with zero attached hydrogens (tertiary/aromatic N) is 4. The molecule has 2 aliphatic heterocycles. The zero-order valence-corrected chi connectivity index (χ0v) is 15.3. The molecule has 0 N–H and O–H groups in total. The summed E-state index contributed by atoms with van der Waals surface area (Å²) in [6, 6.07) is 7.96. The smallest absolute Gasteiger partial charge is 0.272 e. The van der Waals surface area contributed by atoms with Crippen LogP contribution in [0.4, 0.5) is 0 Å². The number of aryl methyl sites for hydroxylation is 2. The van der Waals surface area contributed by atoms with E-state index in [9.17, 15) is 4.79 Å². The zero-order valence-electron chi connectivity index (χ0n) is 15.3. The number of hydrogen-bond acceptors (Lipinski definition) is 5. The summed E-state index contributed by atoms with van der Waals surface area (Å²) in [7, 11) is 0. The molecule has 2 aromatic rings.